The highest BCUT2D eigenvalue weighted by molar-refractivity contribution is 5.86. The first kappa shape index (κ1) is 16.8. The molecule has 0 radical (unpaired) electrons. The van der Waals surface area contributed by atoms with Crippen molar-refractivity contribution in [3.05, 3.63) is 66.6 Å². The van der Waals surface area contributed by atoms with E-state index in [1.807, 2.05) is 65.5 Å². The maximum absolute atomic E-state index is 12.1. The Balaban J connectivity index is 1.23. The molecule has 1 aromatic carbocycles. The third-order valence-corrected chi connectivity index (χ3v) is 4.05. The molecule has 0 unspecified atom stereocenters. The summed E-state index contributed by atoms with van der Waals surface area (Å²) in [4.78, 5) is 12.1. The van der Waals surface area contributed by atoms with Crippen molar-refractivity contribution in [3.63, 3.8) is 0 Å². The summed E-state index contributed by atoms with van der Waals surface area (Å²) in [5.74, 6) is 1.30. The van der Waals surface area contributed by atoms with Gasteiger partial charge in [0, 0.05) is 30.9 Å². The summed E-state index contributed by atoms with van der Waals surface area (Å²) < 4.78 is 7.09. The number of hydrogen-bond donors (Lipinski definition) is 2. The summed E-state index contributed by atoms with van der Waals surface area (Å²) in [7, 11) is 0. The molecule has 3 aromatic heterocycles. The highest BCUT2D eigenvalue weighted by atomic mass is 16.5. The van der Waals surface area contributed by atoms with Crippen molar-refractivity contribution in [1.29, 1.82) is 0 Å². The predicted molar refractivity (Wildman–Crippen MR) is 101 cm³/mol. The molecule has 1 amide bonds. The molecule has 3 heterocycles. The fourth-order valence-corrected chi connectivity index (χ4v) is 2.72. The Bertz CT molecular complexity index is 1020. The van der Waals surface area contributed by atoms with Gasteiger partial charge < -0.3 is 19.7 Å². The zero-order chi connectivity index (χ0) is 18.5. The Morgan fingerprint density at radius 3 is 2.67 bits per heavy atom. The SMILES string of the molecule is O=C(Cc1noc2ccccc12)NCCNc1ccc(-n2cccc2)nn1. The molecule has 8 nitrogen and oxygen atoms in total. The number of para-hydroxylation sites is 1. The molecule has 0 saturated carbocycles. The lowest BCUT2D eigenvalue weighted by Gasteiger charge is -2.07. The van der Waals surface area contributed by atoms with E-state index in [0.29, 0.717) is 30.2 Å². The lowest BCUT2D eigenvalue weighted by molar-refractivity contribution is -0.120. The number of fused-ring (bicyclic) bond motifs is 1. The molecular formula is C19H18N6O2. The normalized spacial score (nSPS) is 10.8. The lowest BCUT2D eigenvalue weighted by atomic mass is 10.1. The average Bonchev–Trinajstić information content (AvgIpc) is 3.37. The third kappa shape index (κ3) is 3.95. The van der Waals surface area contributed by atoms with Crippen LogP contribution in [0.25, 0.3) is 16.8 Å². The molecule has 0 fully saturated rings. The van der Waals surface area contributed by atoms with Gasteiger partial charge in [0.15, 0.2) is 11.4 Å². The van der Waals surface area contributed by atoms with Crippen LogP contribution in [0, 0.1) is 0 Å². The number of hydrogen-bond acceptors (Lipinski definition) is 6. The monoisotopic (exact) mass is 362 g/mol. The molecule has 0 aliphatic rings. The summed E-state index contributed by atoms with van der Waals surface area (Å²) in [5, 5.41) is 19.1. The smallest absolute Gasteiger partial charge is 0.226 e. The van der Waals surface area contributed by atoms with E-state index in [2.05, 4.69) is 26.0 Å². The van der Waals surface area contributed by atoms with Crippen molar-refractivity contribution in [2.75, 3.05) is 18.4 Å². The van der Waals surface area contributed by atoms with E-state index in [1.165, 1.54) is 0 Å². The Labute approximate surface area is 155 Å². The Hall–Kier alpha value is -3.68. The van der Waals surface area contributed by atoms with Gasteiger partial charge in [-0.15, -0.1) is 10.2 Å². The second-order valence-electron chi connectivity index (χ2n) is 5.95. The molecule has 0 bridgehead atoms. The number of carbonyl (C=O) groups is 1. The molecule has 8 heteroatoms. The summed E-state index contributed by atoms with van der Waals surface area (Å²) in [6.07, 6.45) is 4.00. The van der Waals surface area contributed by atoms with Crippen LogP contribution in [0.1, 0.15) is 5.69 Å². The van der Waals surface area contributed by atoms with Gasteiger partial charge in [0.05, 0.1) is 6.42 Å². The summed E-state index contributed by atoms with van der Waals surface area (Å²) in [6, 6.07) is 15.1. The van der Waals surface area contributed by atoms with Crippen LogP contribution in [0.4, 0.5) is 5.82 Å². The fourth-order valence-electron chi connectivity index (χ4n) is 2.72. The number of amides is 1. The molecule has 136 valence electrons. The van der Waals surface area contributed by atoms with E-state index < -0.39 is 0 Å². The molecule has 0 aliphatic carbocycles. The van der Waals surface area contributed by atoms with E-state index >= 15 is 0 Å². The fraction of sp³-hybridized carbons (Fsp3) is 0.158. The molecule has 0 spiro atoms. The second-order valence-corrected chi connectivity index (χ2v) is 5.95. The molecular weight excluding hydrogens is 344 g/mol. The standard InChI is InChI=1S/C19H18N6O2/c26-19(13-15-14-5-1-2-6-16(14)27-24-15)21-10-9-20-17-7-8-18(23-22-17)25-11-3-4-12-25/h1-8,11-12H,9-10,13H2,(H,20,22)(H,21,26). The minimum absolute atomic E-state index is 0.107. The Morgan fingerprint density at radius 1 is 1.00 bits per heavy atom. The number of anilines is 1. The van der Waals surface area contributed by atoms with Crippen LogP contribution in [0.3, 0.4) is 0 Å². The van der Waals surface area contributed by atoms with Crippen LogP contribution in [0.15, 0.2) is 65.4 Å². The number of rotatable bonds is 7. The van der Waals surface area contributed by atoms with Gasteiger partial charge in [-0.05, 0) is 36.4 Å². The third-order valence-electron chi connectivity index (χ3n) is 4.05. The predicted octanol–water partition coefficient (Wildman–Crippen LogP) is 2.18. The van der Waals surface area contributed by atoms with Crippen molar-refractivity contribution in [2.45, 2.75) is 6.42 Å². The largest absolute Gasteiger partial charge is 0.367 e. The Kier molecular flexibility index (Phi) is 4.78. The lowest BCUT2D eigenvalue weighted by Crippen LogP contribution is -2.30. The van der Waals surface area contributed by atoms with Gasteiger partial charge in [-0.1, -0.05) is 17.3 Å². The van der Waals surface area contributed by atoms with E-state index in [1.54, 1.807) is 0 Å². The maximum Gasteiger partial charge on any atom is 0.226 e. The number of carbonyl (C=O) groups excluding carboxylic acids is 1. The van der Waals surface area contributed by atoms with Crippen molar-refractivity contribution in [2.24, 2.45) is 0 Å². The van der Waals surface area contributed by atoms with E-state index in [4.69, 9.17) is 4.52 Å². The first-order chi connectivity index (χ1) is 13.3. The summed E-state index contributed by atoms with van der Waals surface area (Å²) in [5.41, 5.74) is 1.33. The van der Waals surface area contributed by atoms with Gasteiger partial charge >= 0.3 is 0 Å². The first-order valence-corrected chi connectivity index (χ1v) is 8.60. The van der Waals surface area contributed by atoms with Gasteiger partial charge in [0.2, 0.25) is 5.91 Å². The van der Waals surface area contributed by atoms with Gasteiger partial charge in [0.1, 0.15) is 11.5 Å². The molecule has 0 saturated heterocycles. The second kappa shape index (κ2) is 7.69. The number of nitrogens with zero attached hydrogens (tertiary/aromatic N) is 4. The molecule has 27 heavy (non-hydrogen) atoms. The number of nitrogens with one attached hydrogen (secondary N) is 2. The highest BCUT2D eigenvalue weighted by Crippen LogP contribution is 2.17. The molecule has 4 aromatic rings. The van der Waals surface area contributed by atoms with Gasteiger partial charge in [-0.2, -0.15) is 0 Å². The quantitative estimate of drug-likeness (QED) is 0.489. The van der Waals surface area contributed by atoms with Gasteiger partial charge in [-0.3, -0.25) is 4.79 Å². The topological polar surface area (TPSA) is 97.9 Å². The average molecular weight is 362 g/mol. The molecule has 2 N–H and O–H groups in total. The molecule has 4 rings (SSSR count). The Morgan fingerprint density at radius 2 is 1.85 bits per heavy atom. The van der Waals surface area contributed by atoms with Crippen LogP contribution in [0.5, 0.6) is 0 Å². The number of benzene rings is 1. The van der Waals surface area contributed by atoms with E-state index in [-0.39, 0.29) is 12.3 Å². The van der Waals surface area contributed by atoms with Crippen molar-refractivity contribution < 1.29 is 9.32 Å². The molecule has 0 aliphatic heterocycles. The first-order valence-electron chi connectivity index (χ1n) is 8.60. The highest BCUT2D eigenvalue weighted by Gasteiger charge is 2.11. The van der Waals surface area contributed by atoms with Gasteiger partial charge in [-0.25, -0.2) is 0 Å². The van der Waals surface area contributed by atoms with Crippen LogP contribution >= 0.6 is 0 Å². The summed E-state index contributed by atoms with van der Waals surface area (Å²) in [6.45, 7) is 1.01. The number of aromatic nitrogens is 4. The summed E-state index contributed by atoms with van der Waals surface area (Å²) >= 11 is 0. The van der Waals surface area contributed by atoms with Crippen LogP contribution in [-0.2, 0) is 11.2 Å². The molecule has 0 atom stereocenters. The van der Waals surface area contributed by atoms with Crippen molar-refractivity contribution in [1.82, 2.24) is 25.2 Å². The van der Waals surface area contributed by atoms with E-state index in [0.717, 1.165) is 11.2 Å². The zero-order valence-corrected chi connectivity index (χ0v) is 14.5. The van der Waals surface area contributed by atoms with Crippen molar-refractivity contribution in [3.8, 4) is 5.82 Å². The zero-order valence-electron chi connectivity index (χ0n) is 14.5. The van der Waals surface area contributed by atoms with Crippen LogP contribution in [0.2, 0.25) is 0 Å². The maximum atomic E-state index is 12.1. The van der Waals surface area contributed by atoms with Crippen molar-refractivity contribution >= 4 is 22.7 Å². The minimum Gasteiger partial charge on any atom is -0.367 e. The van der Waals surface area contributed by atoms with Crippen LogP contribution < -0.4 is 10.6 Å². The van der Waals surface area contributed by atoms with Crippen LogP contribution in [-0.4, -0.2) is 38.9 Å². The van der Waals surface area contributed by atoms with E-state index in [9.17, 15) is 4.79 Å². The van der Waals surface area contributed by atoms with Gasteiger partial charge in [0.25, 0.3) is 0 Å². The minimum atomic E-state index is -0.107.